The fourth-order valence-corrected chi connectivity index (χ4v) is 3.09. The first-order valence-corrected chi connectivity index (χ1v) is 7.41. The SMILES string of the molecule is CC1COC2(CCC2)CN1Cc1ccc(B(O)O)cc1. The van der Waals surface area contributed by atoms with E-state index >= 15 is 0 Å². The zero-order valence-electron chi connectivity index (χ0n) is 12.0. The van der Waals surface area contributed by atoms with Gasteiger partial charge in [-0.2, -0.15) is 0 Å². The van der Waals surface area contributed by atoms with E-state index in [0.29, 0.717) is 11.5 Å². The maximum atomic E-state index is 9.11. The summed E-state index contributed by atoms with van der Waals surface area (Å²) in [4.78, 5) is 2.48. The highest BCUT2D eigenvalue weighted by atomic mass is 16.5. The number of benzene rings is 1. The van der Waals surface area contributed by atoms with Crippen LogP contribution < -0.4 is 5.46 Å². The van der Waals surface area contributed by atoms with Gasteiger partial charge in [-0.3, -0.25) is 4.90 Å². The summed E-state index contributed by atoms with van der Waals surface area (Å²) in [6.07, 6.45) is 3.66. The Hall–Kier alpha value is -0.875. The van der Waals surface area contributed by atoms with Crippen LogP contribution in [-0.4, -0.2) is 46.9 Å². The average molecular weight is 275 g/mol. The Bertz CT molecular complexity index is 459. The molecule has 3 rings (SSSR count). The van der Waals surface area contributed by atoms with Crippen LogP contribution in [0.3, 0.4) is 0 Å². The molecule has 1 unspecified atom stereocenters. The summed E-state index contributed by atoms with van der Waals surface area (Å²) in [5, 5.41) is 18.2. The predicted octanol–water partition coefficient (Wildman–Crippen LogP) is 0.510. The number of hydrogen-bond acceptors (Lipinski definition) is 4. The van der Waals surface area contributed by atoms with Crippen LogP contribution in [-0.2, 0) is 11.3 Å². The van der Waals surface area contributed by atoms with Gasteiger partial charge in [-0.25, -0.2) is 0 Å². The smallest absolute Gasteiger partial charge is 0.423 e. The Morgan fingerprint density at radius 2 is 2.00 bits per heavy atom. The molecule has 1 aliphatic carbocycles. The summed E-state index contributed by atoms with van der Waals surface area (Å²) in [5.74, 6) is 0. The largest absolute Gasteiger partial charge is 0.488 e. The Morgan fingerprint density at radius 3 is 2.55 bits per heavy atom. The Balaban J connectivity index is 1.66. The first-order valence-electron chi connectivity index (χ1n) is 7.41. The van der Waals surface area contributed by atoms with Crippen molar-refractivity contribution >= 4 is 12.6 Å². The molecule has 1 saturated heterocycles. The third kappa shape index (κ3) is 2.77. The number of morpholine rings is 1. The van der Waals surface area contributed by atoms with Gasteiger partial charge in [0, 0.05) is 19.1 Å². The molecule has 2 fully saturated rings. The van der Waals surface area contributed by atoms with Crippen LogP contribution in [0.4, 0.5) is 0 Å². The predicted molar refractivity (Wildman–Crippen MR) is 78.7 cm³/mol. The van der Waals surface area contributed by atoms with Crippen molar-refractivity contribution in [3.8, 4) is 0 Å². The van der Waals surface area contributed by atoms with Crippen molar-refractivity contribution in [2.75, 3.05) is 13.2 Å². The van der Waals surface area contributed by atoms with Crippen LogP contribution in [0.5, 0.6) is 0 Å². The molecule has 5 heteroatoms. The molecule has 108 valence electrons. The van der Waals surface area contributed by atoms with Crippen LogP contribution in [0, 0.1) is 0 Å². The van der Waals surface area contributed by atoms with E-state index < -0.39 is 7.12 Å². The van der Waals surface area contributed by atoms with Crippen molar-refractivity contribution in [1.29, 1.82) is 0 Å². The normalized spacial score (nSPS) is 25.4. The first-order chi connectivity index (χ1) is 9.58. The number of nitrogens with zero attached hydrogens (tertiary/aromatic N) is 1. The van der Waals surface area contributed by atoms with Gasteiger partial charge < -0.3 is 14.8 Å². The molecule has 2 aliphatic rings. The molecular formula is C15H22BNO3. The summed E-state index contributed by atoms with van der Waals surface area (Å²) < 4.78 is 6.02. The summed E-state index contributed by atoms with van der Waals surface area (Å²) in [6.45, 7) is 4.93. The second-order valence-electron chi connectivity index (χ2n) is 6.22. The van der Waals surface area contributed by atoms with Crippen molar-refractivity contribution < 1.29 is 14.8 Å². The summed E-state index contributed by atoms with van der Waals surface area (Å²) in [6, 6.07) is 7.95. The Labute approximate surface area is 120 Å². The van der Waals surface area contributed by atoms with Gasteiger partial charge in [0.15, 0.2) is 0 Å². The van der Waals surface area contributed by atoms with E-state index in [1.165, 1.54) is 24.8 Å². The first kappa shape index (κ1) is 14.1. The minimum atomic E-state index is -1.38. The molecule has 0 aromatic heterocycles. The average Bonchev–Trinajstić information content (AvgIpc) is 2.40. The molecule has 2 N–H and O–H groups in total. The Kier molecular flexibility index (Phi) is 3.86. The summed E-state index contributed by atoms with van der Waals surface area (Å²) >= 11 is 0. The fraction of sp³-hybridized carbons (Fsp3) is 0.600. The van der Waals surface area contributed by atoms with Crippen molar-refractivity contribution in [2.24, 2.45) is 0 Å². The minimum absolute atomic E-state index is 0.119. The van der Waals surface area contributed by atoms with Crippen molar-refractivity contribution in [3.05, 3.63) is 29.8 Å². The second-order valence-corrected chi connectivity index (χ2v) is 6.22. The molecule has 0 radical (unpaired) electrons. The van der Waals surface area contributed by atoms with Crippen LogP contribution in [0.15, 0.2) is 24.3 Å². The van der Waals surface area contributed by atoms with Gasteiger partial charge in [-0.1, -0.05) is 24.3 Å². The van der Waals surface area contributed by atoms with Crippen LogP contribution in [0.25, 0.3) is 0 Å². The summed E-state index contributed by atoms with van der Waals surface area (Å²) in [7, 11) is -1.38. The van der Waals surface area contributed by atoms with Crippen molar-refractivity contribution in [1.82, 2.24) is 4.90 Å². The van der Waals surface area contributed by atoms with E-state index in [9.17, 15) is 0 Å². The summed E-state index contributed by atoms with van der Waals surface area (Å²) in [5.41, 5.74) is 1.87. The van der Waals surface area contributed by atoms with E-state index in [0.717, 1.165) is 19.7 Å². The molecule has 0 amide bonds. The van der Waals surface area contributed by atoms with Gasteiger partial charge in [-0.05, 0) is 37.2 Å². The van der Waals surface area contributed by atoms with Crippen molar-refractivity contribution in [2.45, 2.75) is 44.4 Å². The fourth-order valence-electron chi connectivity index (χ4n) is 3.09. The zero-order chi connectivity index (χ0) is 14.2. The molecule has 0 bridgehead atoms. The molecule has 20 heavy (non-hydrogen) atoms. The number of ether oxygens (including phenoxy) is 1. The van der Waals surface area contributed by atoms with E-state index in [1.54, 1.807) is 12.1 Å². The Morgan fingerprint density at radius 1 is 1.30 bits per heavy atom. The number of hydrogen-bond donors (Lipinski definition) is 2. The molecule has 4 nitrogen and oxygen atoms in total. The minimum Gasteiger partial charge on any atom is -0.423 e. The molecule has 1 aromatic rings. The molecular weight excluding hydrogens is 253 g/mol. The number of rotatable bonds is 3. The third-order valence-corrected chi connectivity index (χ3v) is 4.67. The third-order valence-electron chi connectivity index (χ3n) is 4.67. The van der Waals surface area contributed by atoms with E-state index in [1.807, 2.05) is 12.1 Å². The maximum Gasteiger partial charge on any atom is 0.488 e. The molecule has 1 heterocycles. The highest BCUT2D eigenvalue weighted by Gasteiger charge is 2.43. The van der Waals surface area contributed by atoms with E-state index in [-0.39, 0.29) is 5.60 Å². The van der Waals surface area contributed by atoms with E-state index in [2.05, 4.69) is 11.8 Å². The van der Waals surface area contributed by atoms with Gasteiger partial charge >= 0.3 is 7.12 Å². The lowest BCUT2D eigenvalue weighted by atomic mass is 9.78. The van der Waals surface area contributed by atoms with Crippen LogP contribution in [0.2, 0.25) is 0 Å². The van der Waals surface area contributed by atoms with Gasteiger partial charge in [0.2, 0.25) is 0 Å². The lowest BCUT2D eigenvalue weighted by molar-refractivity contribution is -0.170. The van der Waals surface area contributed by atoms with Gasteiger partial charge in [0.25, 0.3) is 0 Å². The molecule has 1 aliphatic heterocycles. The highest BCUT2D eigenvalue weighted by molar-refractivity contribution is 6.58. The second kappa shape index (κ2) is 5.49. The molecule has 1 atom stereocenters. The maximum absolute atomic E-state index is 9.11. The quantitative estimate of drug-likeness (QED) is 0.789. The van der Waals surface area contributed by atoms with Gasteiger partial charge in [-0.15, -0.1) is 0 Å². The van der Waals surface area contributed by atoms with Crippen LogP contribution in [0.1, 0.15) is 31.7 Å². The lowest BCUT2D eigenvalue weighted by Crippen LogP contribution is -2.58. The molecule has 1 spiro atoms. The standard InChI is InChI=1S/C15H22BNO3/c1-12-10-20-15(7-2-8-15)11-17(12)9-13-3-5-14(6-4-13)16(18)19/h3-6,12,18-19H,2,7-11H2,1H3. The molecule has 1 aromatic carbocycles. The van der Waals surface area contributed by atoms with Crippen molar-refractivity contribution in [3.63, 3.8) is 0 Å². The molecule has 1 saturated carbocycles. The zero-order valence-corrected chi connectivity index (χ0v) is 12.0. The van der Waals surface area contributed by atoms with Gasteiger partial charge in [0.05, 0.1) is 12.2 Å². The highest BCUT2D eigenvalue weighted by Crippen LogP contribution is 2.39. The van der Waals surface area contributed by atoms with Gasteiger partial charge in [0.1, 0.15) is 0 Å². The van der Waals surface area contributed by atoms with Crippen LogP contribution >= 0.6 is 0 Å². The van der Waals surface area contributed by atoms with E-state index in [4.69, 9.17) is 14.8 Å². The monoisotopic (exact) mass is 275 g/mol. The lowest BCUT2D eigenvalue weighted by Gasteiger charge is -2.51. The topological polar surface area (TPSA) is 52.9 Å².